The van der Waals surface area contributed by atoms with Crippen LogP contribution in [0.2, 0.25) is 0 Å². The first-order chi connectivity index (χ1) is 10.0. The zero-order chi connectivity index (χ0) is 15.7. The van der Waals surface area contributed by atoms with E-state index in [0.29, 0.717) is 0 Å². The maximum absolute atomic E-state index is 10.6. The van der Waals surface area contributed by atoms with E-state index in [9.17, 15) is 9.59 Å². The topological polar surface area (TPSA) is 106 Å². The van der Waals surface area contributed by atoms with E-state index in [-0.39, 0.29) is 6.42 Å². The molecule has 5 N–H and O–H groups in total. The predicted molar refractivity (Wildman–Crippen MR) is 80.3 cm³/mol. The van der Waals surface area contributed by atoms with Gasteiger partial charge in [-0.25, -0.2) is 0 Å². The number of hydrogen-bond acceptors (Lipinski definition) is 3. The summed E-state index contributed by atoms with van der Waals surface area (Å²) in [5.74, 6) is -1.29. The van der Waals surface area contributed by atoms with Gasteiger partial charge in [0.1, 0.15) is 6.04 Å². The van der Waals surface area contributed by atoms with Crippen molar-refractivity contribution in [1.29, 1.82) is 0 Å². The Labute approximate surface area is 123 Å². The average molecular weight is 286 g/mol. The SMILES string of the molecule is NC(=O)C(N)c1ccccc1.O=C(O)Cc1ccccc1. The molecule has 0 saturated heterocycles. The zero-order valence-electron chi connectivity index (χ0n) is 11.5. The number of carbonyl (C=O) groups excluding carboxylic acids is 1. The van der Waals surface area contributed by atoms with E-state index >= 15 is 0 Å². The van der Waals surface area contributed by atoms with E-state index in [1.165, 1.54) is 0 Å². The smallest absolute Gasteiger partial charge is 0.307 e. The number of aliphatic carboxylic acids is 1. The first-order valence-corrected chi connectivity index (χ1v) is 6.36. The van der Waals surface area contributed by atoms with Crippen molar-refractivity contribution in [3.8, 4) is 0 Å². The average Bonchev–Trinajstić information content (AvgIpc) is 2.48. The van der Waals surface area contributed by atoms with Gasteiger partial charge in [0.15, 0.2) is 0 Å². The minimum Gasteiger partial charge on any atom is -0.481 e. The molecule has 110 valence electrons. The van der Waals surface area contributed by atoms with Gasteiger partial charge in [0.25, 0.3) is 0 Å². The molecule has 0 spiro atoms. The van der Waals surface area contributed by atoms with Crippen LogP contribution in [0.1, 0.15) is 17.2 Å². The molecule has 0 fully saturated rings. The van der Waals surface area contributed by atoms with Gasteiger partial charge < -0.3 is 16.6 Å². The van der Waals surface area contributed by atoms with Gasteiger partial charge in [0.05, 0.1) is 6.42 Å². The summed E-state index contributed by atoms with van der Waals surface area (Å²) < 4.78 is 0. The van der Waals surface area contributed by atoms with Crippen molar-refractivity contribution < 1.29 is 14.7 Å². The summed E-state index contributed by atoms with van der Waals surface area (Å²) in [5.41, 5.74) is 12.1. The van der Waals surface area contributed by atoms with Crippen molar-refractivity contribution in [3.05, 3.63) is 71.8 Å². The van der Waals surface area contributed by atoms with Crippen LogP contribution in [0.3, 0.4) is 0 Å². The summed E-state index contributed by atoms with van der Waals surface area (Å²) in [6.45, 7) is 0. The lowest BCUT2D eigenvalue weighted by Gasteiger charge is -2.05. The fourth-order valence-electron chi connectivity index (χ4n) is 1.60. The summed E-state index contributed by atoms with van der Waals surface area (Å²) in [6, 6.07) is 17.5. The van der Waals surface area contributed by atoms with Gasteiger partial charge in [-0.1, -0.05) is 60.7 Å². The van der Waals surface area contributed by atoms with Gasteiger partial charge in [-0.05, 0) is 11.1 Å². The third kappa shape index (κ3) is 6.35. The number of rotatable bonds is 4. The van der Waals surface area contributed by atoms with Gasteiger partial charge in [-0.2, -0.15) is 0 Å². The van der Waals surface area contributed by atoms with Crippen molar-refractivity contribution in [2.75, 3.05) is 0 Å². The highest BCUT2D eigenvalue weighted by Crippen LogP contribution is 2.07. The van der Waals surface area contributed by atoms with Crippen molar-refractivity contribution in [1.82, 2.24) is 0 Å². The molecule has 0 radical (unpaired) electrons. The Hall–Kier alpha value is -2.66. The first-order valence-electron chi connectivity index (χ1n) is 6.36. The van der Waals surface area contributed by atoms with Crippen molar-refractivity contribution in [3.63, 3.8) is 0 Å². The van der Waals surface area contributed by atoms with Crippen LogP contribution in [0.25, 0.3) is 0 Å². The third-order valence-electron chi connectivity index (χ3n) is 2.66. The molecule has 0 aliphatic carbocycles. The van der Waals surface area contributed by atoms with E-state index in [2.05, 4.69) is 0 Å². The maximum atomic E-state index is 10.6. The summed E-state index contributed by atoms with van der Waals surface area (Å²) >= 11 is 0. The molecule has 5 heteroatoms. The highest BCUT2D eigenvalue weighted by atomic mass is 16.4. The molecule has 0 aromatic heterocycles. The molecule has 5 nitrogen and oxygen atoms in total. The summed E-state index contributed by atoms with van der Waals surface area (Å²) in [7, 11) is 0. The number of carboxylic acids is 1. The molecule has 1 atom stereocenters. The standard InChI is InChI=1S/C8H10N2O.C8H8O2/c9-7(8(10)11)6-4-2-1-3-5-6;9-8(10)6-7-4-2-1-3-5-7/h1-5,7H,9H2,(H2,10,11);1-5H,6H2,(H,9,10). The molecule has 21 heavy (non-hydrogen) atoms. The number of amides is 1. The van der Waals surface area contributed by atoms with Gasteiger partial charge in [0.2, 0.25) is 5.91 Å². The van der Waals surface area contributed by atoms with Crippen molar-refractivity contribution in [2.24, 2.45) is 11.5 Å². The predicted octanol–water partition coefficient (Wildman–Crippen LogP) is 1.49. The van der Waals surface area contributed by atoms with Gasteiger partial charge >= 0.3 is 5.97 Å². The van der Waals surface area contributed by atoms with E-state index in [0.717, 1.165) is 11.1 Å². The first kappa shape index (κ1) is 16.4. The number of benzene rings is 2. The highest BCUT2D eigenvalue weighted by Gasteiger charge is 2.09. The number of nitrogens with two attached hydrogens (primary N) is 2. The second-order valence-corrected chi connectivity index (χ2v) is 4.35. The lowest BCUT2D eigenvalue weighted by molar-refractivity contribution is -0.136. The molecule has 1 amide bonds. The number of carboxylic acid groups (broad SMARTS) is 1. The Bertz CT molecular complexity index is 571. The lowest BCUT2D eigenvalue weighted by atomic mass is 10.1. The Morgan fingerprint density at radius 1 is 0.952 bits per heavy atom. The Morgan fingerprint density at radius 3 is 1.86 bits per heavy atom. The van der Waals surface area contributed by atoms with Crippen LogP contribution >= 0.6 is 0 Å². The third-order valence-corrected chi connectivity index (χ3v) is 2.66. The fourth-order valence-corrected chi connectivity index (χ4v) is 1.60. The summed E-state index contributed by atoms with van der Waals surface area (Å²) in [4.78, 5) is 20.8. The minimum atomic E-state index is -0.786. The maximum Gasteiger partial charge on any atom is 0.307 e. The van der Waals surface area contributed by atoms with Crippen LogP contribution < -0.4 is 11.5 Å². The monoisotopic (exact) mass is 286 g/mol. The van der Waals surface area contributed by atoms with Crippen LogP contribution in [-0.4, -0.2) is 17.0 Å². The van der Waals surface area contributed by atoms with E-state index in [1.54, 1.807) is 24.3 Å². The van der Waals surface area contributed by atoms with Gasteiger partial charge in [-0.3, -0.25) is 9.59 Å². The zero-order valence-corrected chi connectivity index (χ0v) is 11.5. The van der Waals surface area contributed by atoms with Gasteiger partial charge in [0, 0.05) is 0 Å². The quantitative estimate of drug-likeness (QED) is 0.791. The van der Waals surface area contributed by atoms with E-state index < -0.39 is 17.9 Å². The van der Waals surface area contributed by atoms with E-state index in [1.807, 2.05) is 36.4 Å². The minimum absolute atomic E-state index is 0.112. The van der Waals surface area contributed by atoms with Crippen molar-refractivity contribution >= 4 is 11.9 Å². The molecule has 2 aromatic carbocycles. The molecule has 2 aromatic rings. The fraction of sp³-hybridized carbons (Fsp3) is 0.125. The molecule has 0 aliphatic heterocycles. The molecule has 0 aliphatic rings. The number of carbonyl (C=O) groups is 2. The molecule has 0 saturated carbocycles. The van der Waals surface area contributed by atoms with Crippen LogP contribution in [0.15, 0.2) is 60.7 Å². The van der Waals surface area contributed by atoms with E-state index in [4.69, 9.17) is 16.6 Å². The molecule has 1 unspecified atom stereocenters. The molecule has 2 rings (SSSR count). The molecular weight excluding hydrogens is 268 g/mol. The second-order valence-electron chi connectivity index (χ2n) is 4.35. The van der Waals surface area contributed by atoms with Crippen LogP contribution in [0, 0.1) is 0 Å². The number of hydrogen-bond donors (Lipinski definition) is 3. The van der Waals surface area contributed by atoms with Crippen LogP contribution in [0.4, 0.5) is 0 Å². The largest absolute Gasteiger partial charge is 0.481 e. The number of primary amides is 1. The van der Waals surface area contributed by atoms with Gasteiger partial charge in [-0.15, -0.1) is 0 Å². The van der Waals surface area contributed by atoms with Crippen molar-refractivity contribution in [2.45, 2.75) is 12.5 Å². The Balaban J connectivity index is 0.000000211. The highest BCUT2D eigenvalue weighted by molar-refractivity contribution is 5.81. The van der Waals surface area contributed by atoms with Crippen LogP contribution in [-0.2, 0) is 16.0 Å². The second kappa shape index (κ2) is 8.50. The molecular formula is C16H18N2O3. The molecule has 0 heterocycles. The Morgan fingerprint density at radius 2 is 1.43 bits per heavy atom. The summed E-state index contributed by atoms with van der Waals surface area (Å²) in [6.07, 6.45) is 0.112. The normalized spacial score (nSPS) is 10.9. The summed E-state index contributed by atoms with van der Waals surface area (Å²) in [5, 5.41) is 8.37. The lowest BCUT2D eigenvalue weighted by Crippen LogP contribution is -2.27. The Kier molecular flexibility index (Phi) is 6.63. The van der Waals surface area contributed by atoms with Crippen LogP contribution in [0.5, 0.6) is 0 Å². The molecule has 0 bridgehead atoms.